The van der Waals surface area contributed by atoms with Crippen LogP contribution in [0.2, 0.25) is 0 Å². The lowest BCUT2D eigenvalue weighted by atomic mass is 10.2. The van der Waals surface area contributed by atoms with Crippen molar-refractivity contribution in [3.05, 3.63) is 83.0 Å². The Hall–Kier alpha value is -3.08. The van der Waals surface area contributed by atoms with Gasteiger partial charge in [-0.2, -0.15) is 4.31 Å². The molecule has 1 aliphatic rings. The molecule has 2 amide bonds. The standard InChI is InChI=1S/C22H22N4O4S2/c27-21(17-5-2-1-3-6-17)24-16-19-8-9-20(31-19)32(29,30)26-13-11-25(12-14-26)22(28)18-7-4-10-23-15-18/h1-10,15H,11-14,16H2,(H,24,27). The normalized spacial score (nSPS) is 14.8. The second kappa shape index (κ2) is 9.60. The van der Waals surface area contributed by atoms with E-state index in [0.717, 1.165) is 16.2 Å². The van der Waals surface area contributed by atoms with E-state index in [9.17, 15) is 18.0 Å². The van der Waals surface area contributed by atoms with Crippen LogP contribution in [-0.2, 0) is 16.6 Å². The number of piperazine rings is 1. The average Bonchev–Trinajstić information content (AvgIpc) is 3.33. The summed E-state index contributed by atoms with van der Waals surface area (Å²) in [6.07, 6.45) is 3.11. The molecule has 0 saturated carbocycles. The lowest BCUT2D eigenvalue weighted by Crippen LogP contribution is -2.50. The van der Waals surface area contributed by atoms with Crippen LogP contribution in [0.25, 0.3) is 0 Å². The highest BCUT2D eigenvalue weighted by Crippen LogP contribution is 2.26. The van der Waals surface area contributed by atoms with Gasteiger partial charge >= 0.3 is 0 Å². The minimum absolute atomic E-state index is 0.150. The Bertz CT molecular complexity index is 1190. The van der Waals surface area contributed by atoms with E-state index in [1.54, 1.807) is 59.6 Å². The molecule has 3 aromatic rings. The van der Waals surface area contributed by atoms with E-state index in [2.05, 4.69) is 10.3 Å². The quantitative estimate of drug-likeness (QED) is 0.596. The second-order valence-electron chi connectivity index (χ2n) is 7.21. The first-order valence-electron chi connectivity index (χ1n) is 10.1. The molecule has 4 rings (SSSR count). The Labute approximate surface area is 190 Å². The number of pyridine rings is 1. The molecule has 166 valence electrons. The van der Waals surface area contributed by atoms with Gasteiger partial charge in [-0.15, -0.1) is 11.3 Å². The molecule has 1 saturated heterocycles. The maximum Gasteiger partial charge on any atom is 0.255 e. The van der Waals surface area contributed by atoms with Crippen molar-refractivity contribution in [3.63, 3.8) is 0 Å². The molecule has 0 spiro atoms. The van der Waals surface area contributed by atoms with Gasteiger partial charge in [0.2, 0.25) is 0 Å². The van der Waals surface area contributed by atoms with Gasteiger partial charge in [-0.25, -0.2) is 8.42 Å². The number of nitrogens with one attached hydrogen (secondary N) is 1. The summed E-state index contributed by atoms with van der Waals surface area (Å²) in [7, 11) is -3.66. The number of rotatable bonds is 6. The number of hydrogen-bond donors (Lipinski definition) is 1. The van der Waals surface area contributed by atoms with E-state index in [1.165, 1.54) is 10.5 Å². The number of thiophene rings is 1. The van der Waals surface area contributed by atoms with Gasteiger partial charge in [0.1, 0.15) is 4.21 Å². The van der Waals surface area contributed by atoms with Crippen LogP contribution in [0.15, 0.2) is 71.2 Å². The van der Waals surface area contributed by atoms with Crippen LogP contribution >= 0.6 is 11.3 Å². The third-order valence-corrected chi connectivity index (χ3v) is 8.58. The van der Waals surface area contributed by atoms with E-state index < -0.39 is 10.0 Å². The molecule has 0 aliphatic carbocycles. The van der Waals surface area contributed by atoms with E-state index in [4.69, 9.17) is 0 Å². The predicted octanol–water partition coefficient (Wildman–Crippen LogP) is 2.22. The number of benzene rings is 1. The number of hydrogen-bond acceptors (Lipinski definition) is 6. The number of aromatic nitrogens is 1. The molecule has 0 bridgehead atoms. The summed E-state index contributed by atoms with van der Waals surface area (Å²) < 4.78 is 27.7. The Morgan fingerprint density at radius 3 is 2.34 bits per heavy atom. The van der Waals surface area contributed by atoms with Crippen LogP contribution in [0.3, 0.4) is 0 Å². The minimum Gasteiger partial charge on any atom is -0.347 e. The molecule has 1 aliphatic heterocycles. The van der Waals surface area contributed by atoms with Crippen molar-refractivity contribution in [1.29, 1.82) is 0 Å². The fraction of sp³-hybridized carbons (Fsp3) is 0.227. The zero-order chi connectivity index (χ0) is 22.6. The monoisotopic (exact) mass is 470 g/mol. The van der Waals surface area contributed by atoms with Crippen LogP contribution in [0.1, 0.15) is 25.6 Å². The number of sulfonamides is 1. The van der Waals surface area contributed by atoms with Crippen LogP contribution < -0.4 is 5.32 Å². The zero-order valence-corrected chi connectivity index (χ0v) is 18.8. The first kappa shape index (κ1) is 22.1. The van der Waals surface area contributed by atoms with Crippen molar-refractivity contribution >= 4 is 33.2 Å². The van der Waals surface area contributed by atoms with E-state index in [1.807, 2.05) is 6.07 Å². The van der Waals surface area contributed by atoms with Crippen molar-refractivity contribution in [2.75, 3.05) is 26.2 Å². The van der Waals surface area contributed by atoms with Gasteiger partial charge in [-0.05, 0) is 36.4 Å². The molecule has 0 atom stereocenters. The fourth-order valence-electron chi connectivity index (χ4n) is 3.38. The third-order valence-electron chi connectivity index (χ3n) is 5.12. The molecule has 1 fully saturated rings. The smallest absolute Gasteiger partial charge is 0.255 e. The molecule has 2 aromatic heterocycles. The molecular weight excluding hydrogens is 448 g/mol. The molecule has 0 unspecified atom stereocenters. The summed E-state index contributed by atoms with van der Waals surface area (Å²) in [5.41, 5.74) is 1.04. The number of carbonyl (C=O) groups excluding carboxylic acids is 2. The van der Waals surface area contributed by atoms with E-state index in [0.29, 0.717) is 24.2 Å². The van der Waals surface area contributed by atoms with Gasteiger partial charge in [0.25, 0.3) is 21.8 Å². The maximum atomic E-state index is 13.0. The van der Waals surface area contributed by atoms with Crippen molar-refractivity contribution in [2.45, 2.75) is 10.8 Å². The highest BCUT2D eigenvalue weighted by molar-refractivity contribution is 7.91. The SMILES string of the molecule is O=C(NCc1ccc(S(=O)(=O)N2CCN(C(=O)c3cccnc3)CC2)s1)c1ccccc1. The Balaban J connectivity index is 1.35. The van der Waals surface area contributed by atoms with Gasteiger partial charge < -0.3 is 10.2 Å². The third kappa shape index (κ3) is 4.87. The first-order valence-corrected chi connectivity index (χ1v) is 12.3. The van der Waals surface area contributed by atoms with Gasteiger partial charge in [0, 0.05) is 49.0 Å². The van der Waals surface area contributed by atoms with Crippen LogP contribution in [0, 0.1) is 0 Å². The average molecular weight is 471 g/mol. The number of carbonyl (C=O) groups is 2. The van der Waals surface area contributed by atoms with Gasteiger partial charge in [-0.3, -0.25) is 14.6 Å². The number of nitrogens with zero attached hydrogens (tertiary/aromatic N) is 3. The van der Waals surface area contributed by atoms with Gasteiger partial charge in [0.15, 0.2) is 0 Å². The van der Waals surface area contributed by atoms with E-state index >= 15 is 0 Å². The maximum absolute atomic E-state index is 13.0. The highest BCUT2D eigenvalue weighted by atomic mass is 32.2. The molecule has 3 heterocycles. The van der Waals surface area contributed by atoms with Crippen molar-refractivity contribution in [2.24, 2.45) is 0 Å². The summed E-state index contributed by atoms with van der Waals surface area (Å²) in [5, 5.41) is 2.81. The van der Waals surface area contributed by atoms with E-state index in [-0.39, 0.29) is 35.7 Å². The molecule has 1 aromatic carbocycles. The molecular formula is C22H22N4O4S2. The van der Waals surface area contributed by atoms with Crippen LogP contribution in [-0.4, -0.2) is 60.6 Å². The summed E-state index contributed by atoms with van der Waals surface area (Å²) >= 11 is 1.14. The summed E-state index contributed by atoms with van der Waals surface area (Å²) in [6.45, 7) is 1.34. The predicted molar refractivity (Wildman–Crippen MR) is 121 cm³/mol. The molecule has 0 radical (unpaired) electrons. The lowest BCUT2D eigenvalue weighted by molar-refractivity contribution is 0.0697. The molecule has 10 heteroatoms. The Morgan fingerprint density at radius 1 is 0.938 bits per heavy atom. The summed E-state index contributed by atoms with van der Waals surface area (Å²) in [5.74, 6) is -0.361. The largest absolute Gasteiger partial charge is 0.347 e. The molecule has 32 heavy (non-hydrogen) atoms. The van der Waals surface area contributed by atoms with Gasteiger partial charge in [-0.1, -0.05) is 18.2 Å². The minimum atomic E-state index is -3.66. The van der Waals surface area contributed by atoms with Crippen molar-refractivity contribution in [1.82, 2.24) is 19.5 Å². The van der Waals surface area contributed by atoms with Crippen LogP contribution in [0.5, 0.6) is 0 Å². The topological polar surface area (TPSA) is 99.7 Å². The van der Waals surface area contributed by atoms with Crippen molar-refractivity contribution in [3.8, 4) is 0 Å². The zero-order valence-electron chi connectivity index (χ0n) is 17.2. The first-order chi connectivity index (χ1) is 15.4. The van der Waals surface area contributed by atoms with Crippen molar-refractivity contribution < 1.29 is 18.0 Å². The molecule has 8 nitrogen and oxygen atoms in total. The lowest BCUT2D eigenvalue weighted by Gasteiger charge is -2.33. The second-order valence-corrected chi connectivity index (χ2v) is 10.5. The summed E-state index contributed by atoms with van der Waals surface area (Å²) in [4.78, 5) is 31.1. The Morgan fingerprint density at radius 2 is 1.66 bits per heavy atom. The summed E-state index contributed by atoms with van der Waals surface area (Å²) in [6, 6.07) is 15.5. The highest BCUT2D eigenvalue weighted by Gasteiger charge is 2.31. The van der Waals surface area contributed by atoms with Crippen LogP contribution in [0.4, 0.5) is 0 Å². The number of amides is 2. The fourth-order valence-corrected chi connectivity index (χ4v) is 6.25. The molecule has 1 N–H and O–H groups in total. The Kier molecular flexibility index (Phi) is 6.63. The van der Waals surface area contributed by atoms with Gasteiger partial charge in [0.05, 0.1) is 12.1 Å².